The predicted octanol–water partition coefficient (Wildman–Crippen LogP) is 7.03. The molecule has 0 unspecified atom stereocenters. The Labute approximate surface area is 234 Å². The Morgan fingerprint density at radius 1 is 0.974 bits per heavy atom. The van der Waals surface area contributed by atoms with Gasteiger partial charge in [0.05, 0.1) is 5.92 Å². The third kappa shape index (κ3) is 6.41. The molecule has 0 bridgehead atoms. The molecule has 1 heterocycles. The van der Waals surface area contributed by atoms with Crippen LogP contribution in [-0.4, -0.2) is 23.8 Å². The first kappa shape index (κ1) is 27.8. The van der Waals surface area contributed by atoms with Crippen LogP contribution in [-0.2, 0) is 23.4 Å². The van der Waals surface area contributed by atoms with E-state index < -0.39 is 0 Å². The van der Waals surface area contributed by atoms with Crippen LogP contribution < -0.4 is 4.74 Å². The van der Waals surface area contributed by atoms with Crippen molar-refractivity contribution in [1.82, 2.24) is 4.90 Å². The van der Waals surface area contributed by atoms with Gasteiger partial charge in [-0.25, -0.2) is 0 Å². The molecule has 0 radical (unpaired) electrons. The van der Waals surface area contributed by atoms with E-state index in [0.717, 1.165) is 36.5 Å². The minimum atomic E-state index is -0.0556. The summed E-state index contributed by atoms with van der Waals surface area (Å²) >= 11 is 0. The summed E-state index contributed by atoms with van der Waals surface area (Å²) in [6.45, 7) is 7.19. The third-order valence-electron chi connectivity index (χ3n) is 7.75. The number of likely N-dealkylation sites (tertiary alicyclic amines) is 1. The quantitative estimate of drug-likeness (QED) is 0.297. The highest BCUT2D eigenvalue weighted by Gasteiger charge is 2.37. The van der Waals surface area contributed by atoms with Gasteiger partial charge in [-0.2, -0.15) is 13.5 Å². The molecular formula is C34H37NO2S. The highest BCUT2D eigenvalue weighted by molar-refractivity contribution is 7.59. The van der Waals surface area contributed by atoms with Gasteiger partial charge in [0.25, 0.3) is 0 Å². The molecule has 0 saturated carbocycles. The summed E-state index contributed by atoms with van der Waals surface area (Å²) in [5.41, 5.74) is 6.71. The lowest BCUT2D eigenvalue weighted by molar-refractivity contribution is -0.117. The Hall–Kier alpha value is -3.26. The molecule has 0 N–H and O–H groups in total. The molecule has 4 heteroatoms. The molecule has 5 rings (SSSR count). The molecule has 196 valence electrons. The van der Waals surface area contributed by atoms with E-state index in [9.17, 15) is 4.79 Å². The number of ether oxygens (including phenoxy) is 1. The molecule has 3 nitrogen and oxygen atoms in total. The highest BCUT2D eigenvalue weighted by atomic mass is 32.1. The van der Waals surface area contributed by atoms with Gasteiger partial charge >= 0.3 is 0 Å². The van der Waals surface area contributed by atoms with Crippen LogP contribution in [0, 0.1) is 11.8 Å². The molecule has 1 aliphatic carbocycles. The van der Waals surface area contributed by atoms with E-state index in [0.29, 0.717) is 13.0 Å². The van der Waals surface area contributed by atoms with E-state index >= 15 is 0 Å². The SMILES string of the molecule is CC#C[C@@H](CC(C)=O)c1ccc(OCc2ccc(CN3CCC4(C=Cc5ccccc54)CC3)cc2)cc1.S. The molecule has 1 spiro atoms. The number of carbonyl (C=O) groups excluding carboxylic acids is 1. The fourth-order valence-electron chi connectivity index (χ4n) is 5.66. The van der Waals surface area contributed by atoms with Gasteiger partial charge in [-0.05, 0) is 79.7 Å². The molecule has 3 aromatic carbocycles. The summed E-state index contributed by atoms with van der Waals surface area (Å²) in [6, 6.07) is 25.6. The number of benzene rings is 3. The van der Waals surface area contributed by atoms with E-state index in [1.165, 1.54) is 29.5 Å². The van der Waals surface area contributed by atoms with Crippen LogP contribution in [0.4, 0.5) is 0 Å². The summed E-state index contributed by atoms with van der Waals surface area (Å²) in [7, 11) is 0. The first-order valence-corrected chi connectivity index (χ1v) is 13.3. The lowest BCUT2D eigenvalue weighted by Gasteiger charge is -2.39. The molecule has 0 aromatic heterocycles. The minimum Gasteiger partial charge on any atom is -0.489 e. The van der Waals surface area contributed by atoms with Crippen molar-refractivity contribution in [2.75, 3.05) is 13.1 Å². The molecule has 38 heavy (non-hydrogen) atoms. The number of nitrogens with zero attached hydrogens (tertiary/aromatic N) is 1. The van der Waals surface area contributed by atoms with Gasteiger partial charge in [-0.3, -0.25) is 9.69 Å². The van der Waals surface area contributed by atoms with Gasteiger partial charge in [0.1, 0.15) is 18.1 Å². The molecule has 2 aliphatic rings. The summed E-state index contributed by atoms with van der Waals surface area (Å²) < 4.78 is 6.02. The van der Waals surface area contributed by atoms with E-state index in [1.54, 1.807) is 6.92 Å². The summed E-state index contributed by atoms with van der Waals surface area (Å²) in [6.07, 6.45) is 7.57. The molecule has 1 saturated heterocycles. The maximum atomic E-state index is 11.6. The third-order valence-corrected chi connectivity index (χ3v) is 7.75. The lowest BCUT2D eigenvalue weighted by atomic mass is 9.74. The summed E-state index contributed by atoms with van der Waals surface area (Å²) in [5, 5.41) is 0. The molecular weight excluding hydrogens is 486 g/mol. The van der Waals surface area contributed by atoms with E-state index in [4.69, 9.17) is 4.74 Å². The number of Topliss-reactive ketones (excluding diaryl/α,β-unsaturated/α-hetero) is 1. The van der Waals surface area contributed by atoms with Gasteiger partial charge in [0.15, 0.2) is 0 Å². The van der Waals surface area contributed by atoms with Crippen molar-refractivity contribution in [3.05, 3.63) is 107 Å². The van der Waals surface area contributed by atoms with Crippen LogP contribution in [0.1, 0.15) is 66.8 Å². The Morgan fingerprint density at radius 2 is 1.66 bits per heavy atom. The molecule has 1 atom stereocenters. The van der Waals surface area contributed by atoms with Gasteiger partial charge < -0.3 is 4.74 Å². The topological polar surface area (TPSA) is 29.5 Å². The molecule has 1 aliphatic heterocycles. The van der Waals surface area contributed by atoms with Crippen molar-refractivity contribution >= 4 is 25.4 Å². The highest BCUT2D eigenvalue weighted by Crippen LogP contribution is 2.43. The zero-order valence-corrected chi connectivity index (χ0v) is 23.4. The zero-order valence-electron chi connectivity index (χ0n) is 22.4. The maximum absolute atomic E-state index is 11.6. The van der Waals surface area contributed by atoms with Crippen LogP contribution in [0.25, 0.3) is 6.08 Å². The van der Waals surface area contributed by atoms with Gasteiger partial charge in [0, 0.05) is 18.4 Å². The number of carbonyl (C=O) groups is 1. The zero-order chi connectivity index (χ0) is 25.7. The van der Waals surface area contributed by atoms with Crippen LogP contribution in [0.15, 0.2) is 78.9 Å². The monoisotopic (exact) mass is 523 g/mol. The average molecular weight is 524 g/mol. The van der Waals surface area contributed by atoms with Crippen LogP contribution in [0.5, 0.6) is 5.75 Å². The van der Waals surface area contributed by atoms with Crippen LogP contribution in [0.2, 0.25) is 0 Å². The lowest BCUT2D eigenvalue weighted by Crippen LogP contribution is -2.40. The Kier molecular flexibility index (Phi) is 9.15. The normalized spacial score (nSPS) is 16.2. The fourth-order valence-corrected chi connectivity index (χ4v) is 5.66. The van der Waals surface area contributed by atoms with Crippen LogP contribution >= 0.6 is 13.5 Å². The standard InChI is InChI=1S/C34H35NO2.H2S/c1-3-6-31(23-26(2)36)29-13-15-32(16-14-29)37-25-28-11-9-27(10-12-28)24-35-21-19-34(20-22-35)18-17-30-7-4-5-8-33(30)34;/h4-5,7-18,31H,19-25H2,1-2H3;1H2/t31-;/m0./s1. The molecule has 3 aromatic rings. The average Bonchev–Trinajstić information content (AvgIpc) is 3.27. The van der Waals surface area contributed by atoms with Gasteiger partial charge in [-0.15, -0.1) is 5.92 Å². The number of allylic oxidation sites excluding steroid dienone is 1. The smallest absolute Gasteiger partial charge is 0.131 e. The second-order valence-electron chi connectivity index (χ2n) is 10.4. The molecule has 0 amide bonds. The number of hydrogen-bond acceptors (Lipinski definition) is 3. The largest absolute Gasteiger partial charge is 0.489 e. The van der Waals surface area contributed by atoms with Crippen molar-refractivity contribution in [3.63, 3.8) is 0 Å². The van der Waals surface area contributed by atoms with Crippen molar-refractivity contribution in [3.8, 4) is 17.6 Å². The van der Waals surface area contributed by atoms with Crippen molar-refractivity contribution in [2.24, 2.45) is 0 Å². The van der Waals surface area contributed by atoms with E-state index in [1.807, 2.05) is 31.2 Å². The number of piperidine rings is 1. The second-order valence-corrected chi connectivity index (χ2v) is 10.4. The van der Waals surface area contributed by atoms with Crippen LogP contribution in [0.3, 0.4) is 0 Å². The predicted molar refractivity (Wildman–Crippen MR) is 161 cm³/mol. The van der Waals surface area contributed by atoms with Crippen molar-refractivity contribution in [2.45, 2.75) is 57.6 Å². The van der Waals surface area contributed by atoms with Gasteiger partial charge in [-0.1, -0.05) is 78.7 Å². The minimum absolute atomic E-state index is 0. The van der Waals surface area contributed by atoms with Gasteiger partial charge in [0.2, 0.25) is 0 Å². The number of rotatable bonds is 8. The Morgan fingerprint density at radius 3 is 2.34 bits per heavy atom. The number of hydrogen-bond donors (Lipinski definition) is 0. The van der Waals surface area contributed by atoms with Crippen molar-refractivity contribution in [1.29, 1.82) is 0 Å². The first-order chi connectivity index (χ1) is 18.0. The van der Waals surface area contributed by atoms with E-state index in [2.05, 4.69) is 77.4 Å². The Balaban J connectivity index is 0.00000336. The summed E-state index contributed by atoms with van der Waals surface area (Å²) in [5.74, 6) is 7.00. The fraction of sp³-hybridized carbons (Fsp3) is 0.324. The maximum Gasteiger partial charge on any atom is 0.131 e. The number of fused-ring (bicyclic) bond motifs is 2. The summed E-state index contributed by atoms with van der Waals surface area (Å²) in [4.78, 5) is 14.1. The second kappa shape index (κ2) is 12.5. The van der Waals surface area contributed by atoms with E-state index in [-0.39, 0.29) is 30.6 Å². The molecule has 1 fully saturated rings. The Bertz CT molecular complexity index is 1320. The van der Waals surface area contributed by atoms with Crippen molar-refractivity contribution < 1.29 is 9.53 Å². The first-order valence-electron chi connectivity index (χ1n) is 13.3. The number of ketones is 1.